The summed E-state index contributed by atoms with van der Waals surface area (Å²) in [5.41, 5.74) is 0. The van der Waals surface area contributed by atoms with Gasteiger partial charge in [-0.3, -0.25) is 0 Å². The van der Waals surface area contributed by atoms with E-state index in [1.807, 2.05) is 0 Å². The maximum Gasteiger partial charge on any atom is 0.318 e. The van der Waals surface area contributed by atoms with Gasteiger partial charge in [-0.2, -0.15) is 0 Å². The zero-order valence-electron chi connectivity index (χ0n) is 8.95. The molecule has 0 aliphatic heterocycles. The van der Waals surface area contributed by atoms with Gasteiger partial charge in [0.15, 0.2) is 0 Å². The standard InChI is InChI=1S/C10H16ClN3O/c1-2-5-14(7-8-3-4-8)10-13-12-9(6-11)15-10/h8H,2-7H2,1H3. The first-order valence-electron chi connectivity index (χ1n) is 5.46. The summed E-state index contributed by atoms with van der Waals surface area (Å²) in [5.74, 6) is 1.61. The van der Waals surface area contributed by atoms with Crippen LogP contribution in [0.15, 0.2) is 4.42 Å². The van der Waals surface area contributed by atoms with Crippen LogP contribution >= 0.6 is 11.6 Å². The molecule has 2 rings (SSSR count). The third-order valence-corrected chi connectivity index (χ3v) is 2.74. The normalized spacial score (nSPS) is 15.6. The van der Waals surface area contributed by atoms with Crippen molar-refractivity contribution in [1.82, 2.24) is 10.2 Å². The Morgan fingerprint density at radius 2 is 2.27 bits per heavy atom. The van der Waals surface area contributed by atoms with Crippen LogP contribution in [0.3, 0.4) is 0 Å². The van der Waals surface area contributed by atoms with E-state index in [4.69, 9.17) is 16.0 Å². The quantitative estimate of drug-likeness (QED) is 0.703. The average molecular weight is 230 g/mol. The highest BCUT2D eigenvalue weighted by molar-refractivity contribution is 6.16. The van der Waals surface area contributed by atoms with Crippen molar-refractivity contribution < 1.29 is 4.42 Å². The van der Waals surface area contributed by atoms with Crippen molar-refractivity contribution in [2.75, 3.05) is 18.0 Å². The molecule has 0 atom stereocenters. The second-order valence-electron chi connectivity index (χ2n) is 4.00. The minimum Gasteiger partial charge on any atom is -0.407 e. The Morgan fingerprint density at radius 1 is 1.47 bits per heavy atom. The summed E-state index contributed by atoms with van der Waals surface area (Å²) >= 11 is 5.63. The lowest BCUT2D eigenvalue weighted by atomic mass is 10.3. The first-order chi connectivity index (χ1) is 7.33. The van der Waals surface area contributed by atoms with Crippen LogP contribution < -0.4 is 4.90 Å². The van der Waals surface area contributed by atoms with E-state index >= 15 is 0 Å². The molecule has 0 N–H and O–H groups in total. The van der Waals surface area contributed by atoms with Crippen molar-refractivity contribution in [2.24, 2.45) is 5.92 Å². The van der Waals surface area contributed by atoms with E-state index in [-0.39, 0.29) is 5.88 Å². The third-order valence-electron chi connectivity index (χ3n) is 2.51. The van der Waals surface area contributed by atoms with Crippen LogP contribution in [0.2, 0.25) is 0 Å². The molecule has 0 aromatic carbocycles. The number of rotatable bonds is 6. The molecule has 1 heterocycles. The first-order valence-corrected chi connectivity index (χ1v) is 6.00. The molecule has 1 aliphatic carbocycles. The average Bonchev–Trinajstić information content (AvgIpc) is 2.94. The van der Waals surface area contributed by atoms with Crippen molar-refractivity contribution >= 4 is 17.6 Å². The topological polar surface area (TPSA) is 42.2 Å². The Bertz CT molecular complexity index is 311. The lowest BCUT2D eigenvalue weighted by Gasteiger charge is -2.18. The van der Waals surface area contributed by atoms with E-state index in [2.05, 4.69) is 22.0 Å². The highest BCUT2D eigenvalue weighted by Gasteiger charge is 2.26. The highest BCUT2D eigenvalue weighted by Crippen LogP contribution is 2.31. The fourth-order valence-electron chi connectivity index (χ4n) is 1.57. The van der Waals surface area contributed by atoms with Gasteiger partial charge in [0.2, 0.25) is 5.89 Å². The maximum absolute atomic E-state index is 5.63. The number of aromatic nitrogens is 2. The molecule has 15 heavy (non-hydrogen) atoms. The zero-order chi connectivity index (χ0) is 10.7. The van der Waals surface area contributed by atoms with Gasteiger partial charge in [-0.1, -0.05) is 12.0 Å². The van der Waals surface area contributed by atoms with E-state index in [1.165, 1.54) is 12.8 Å². The van der Waals surface area contributed by atoms with Crippen LogP contribution in [0, 0.1) is 5.92 Å². The minimum absolute atomic E-state index is 0.288. The smallest absolute Gasteiger partial charge is 0.318 e. The number of hydrogen-bond acceptors (Lipinski definition) is 4. The van der Waals surface area contributed by atoms with Gasteiger partial charge in [0, 0.05) is 13.1 Å². The molecule has 1 saturated carbocycles. The third kappa shape index (κ3) is 2.84. The molecule has 0 radical (unpaired) electrons. The van der Waals surface area contributed by atoms with Gasteiger partial charge in [0.1, 0.15) is 5.88 Å². The van der Waals surface area contributed by atoms with Crippen LogP contribution in [-0.4, -0.2) is 23.3 Å². The van der Waals surface area contributed by atoms with Crippen LogP contribution in [0.1, 0.15) is 32.1 Å². The Morgan fingerprint density at radius 3 is 2.80 bits per heavy atom. The van der Waals surface area contributed by atoms with Crippen molar-refractivity contribution in [3.63, 3.8) is 0 Å². The molecule has 0 spiro atoms. The van der Waals surface area contributed by atoms with Gasteiger partial charge in [0.25, 0.3) is 0 Å². The summed E-state index contributed by atoms with van der Waals surface area (Å²) in [5, 5.41) is 7.89. The van der Waals surface area contributed by atoms with Gasteiger partial charge < -0.3 is 9.32 Å². The van der Waals surface area contributed by atoms with Gasteiger partial charge >= 0.3 is 6.01 Å². The van der Waals surface area contributed by atoms with E-state index in [0.717, 1.165) is 25.4 Å². The molecule has 0 unspecified atom stereocenters. The van der Waals surface area contributed by atoms with E-state index in [1.54, 1.807) is 0 Å². The van der Waals surface area contributed by atoms with E-state index < -0.39 is 0 Å². The molecule has 84 valence electrons. The predicted octanol–water partition coefficient (Wildman–Crippen LogP) is 2.43. The molecule has 0 amide bonds. The molecule has 0 saturated heterocycles. The van der Waals surface area contributed by atoms with Crippen LogP contribution in [0.25, 0.3) is 0 Å². The Balaban J connectivity index is 2.00. The Kier molecular flexibility index (Phi) is 3.46. The number of nitrogens with zero attached hydrogens (tertiary/aromatic N) is 3. The molecule has 1 aromatic heterocycles. The summed E-state index contributed by atoms with van der Waals surface area (Å²) in [4.78, 5) is 2.17. The van der Waals surface area contributed by atoms with Crippen molar-refractivity contribution in [3.05, 3.63) is 5.89 Å². The molecule has 1 aliphatic rings. The summed E-state index contributed by atoms with van der Waals surface area (Å²) in [6, 6.07) is 0.624. The predicted molar refractivity (Wildman–Crippen MR) is 59.1 cm³/mol. The van der Waals surface area contributed by atoms with E-state index in [0.29, 0.717) is 11.9 Å². The van der Waals surface area contributed by atoms with Gasteiger partial charge in [-0.05, 0) is 25.2 Å². The number of anilines is 1. The fourth-order valence-corrected chi connectivity index (χ4v) is 1.68. The highest BCUT2D eigenvalue weighted by atomic mass is 35.5. The van der Waals surface area contributed by atoms with Crippen molar-refractivity contribution in [3.8, 4) is 0 Å². The first kappa shape index (κ1) is 10.7. The van der Waals surface area contributed by atoms with E-state index in [9.17, 15) is 0 Å². The number of halogens is 1. The Hall–Kier alpha value is -0.770. The zero-order valence-corrected chi connectivity index (χ0v) is 9.70. The van der Waals surface area contributed by atoms with Crippen LogP contribution in [0.4, 0.5) is 6.01 Å². The maximum atomic E-state index is 5.63. The largest absolute Gasteiger partial charge is 0.407 e. The van der Waals surface area contributed by atoms with Crippen molar-refractivity contribution in [2.45, 2.75) is 32.1 Å². The second-order valence-corrected chi connectivity index (χ2v) is 4.27. The molecular weight excluding hydrogens is 214 g/mol. The summed E-state index contributed by atoms with van der Waals surface area (Å²) in [6.07, 6.45) is 3.75. The van der Waals surface area contributed by atoms with Gasteiger partial charge in [-0.25, -0.2) is 0 Å². The molecule has 5 heteroatoms. The van der Waals surface area contributed by atoms with Gasteiger partial charge in [-0.15, -0.1) is 16.7 Å². The molecule has 1 fully saturated rings. The second kappa shape index (κ2) is 4.84. The summed E-state index contributed by atoms with van der Waals surface area (Å²) < 4.78 is 5.45. The summed E-state index contributed by atoms with van der Waals surface area (Å²) in [6.45, 7) is 4.16. The van der Waals surface area contributed by atoms with Crippen LogP contribution in [-0.2, 0) is 5.88 Å². The van der Waals surface area contributed by atoms with Crippen LogP contribution in [0.5, 0.6) is 0 Å². The SMILES string of the molecule is CCCN(CC1CC1)c1nnc(CCl)o1. The molecular formula is C10H16ClN3O. The number of alkyl halides is 1. The lowest BCUT2D eigenvalue weighted by molar-refractivity contribution is 0.493. The number of hydrogen-bond donors (Lipinski definition) is 0. The monoisotopic (exact) mass is 229 g/mol. The van der Waals surface area contributed by atoms with Gasteiger partial charge in [0.05, 0.1) is 0 Å². The minimum atomic E-state index is 0.288. The molecule has 4 nitrogen and oxygen atoms in total. The molecule has 0 bridgehead atoms. The van der Waals surface area contributed by atoms with Crippen molar-refractivity contribution in [1.29, 1.82) is 0 Å². The summed E-state index contributed by atoms with van der Waals surface area (Å²) in [7, 11) is 0. The Labute approximate surface area is 94.6 Å². The fraction of sp³-hybridized carbons (Fsp3) is 0.800. The lowest BCUT2D eigenvalue weighted by Crippen LogP contribution is -2.26. The molecule has 1 aromatic rings.